The number of amides is 2. The lowest BCUT2D eigenvalue weighted by Crippen LogP contribution is -2.48. The first-order valence-electron chi connectivity index (χ1n) is 9.61. The highest BCUT2D eigenvalue weighted by molar-refractivity contribution is 9.10. The van der Waals surface area contributed by atoms with Crippen LogP contribution >= 0.6 is 15.9 Å². The molecule has 0 saturated heterocycles. The van der Waals surface area contributed by atoms with Crippen LogP contribution in [-0.2, 0) is 21.5 Å². The van der Waals surface area contributed by atoms with Gasteiger partial charge in [-0.25, -0.2) is 0 Å². The van der Waals surface area contributed by atoms with Gasteiger partial charge in [-0.3, -0.25) is 9.59 Å². The molecule has 0 radical (unpaired) electrons. The predicted molar refractivity (Wildman–Crippen MR) is 119 cm³/mol. The Bertz CT molecular complexity index is 847. The topological polar surface area (TPSA) is 58.6 Å². The fourth-order valence-electron chi connectivity index (χ4n) is 2.88. The minimum atomic E-state index is -0.608. The Balaban J connectivity index is 2.14. The summed E-state index contributed by atoms with van der Waals surface area (Å²) in [5.74, 6) is 0.125. The lowest BCUT2D eigenvalue weighted by molar-refractivity contribution is -0.142. The zero-order chi connectivity index (χ0) is 21.6. The molecule has 0 bridgehead atoms. The molecule has 0 heterocycles. The van der Waals surface area contributed by atoms with Crippen molar-refractivity contribution in [2.24, 2.45) is 0 Å². The molecular weight excluding hydrogens is 432 g/mol. The number of likely N-dealkylation sites (N-methyl/N-ethyl adjacent to an activating group) is 1. The Kier molecular flexibility index (Phi) is 7.85. The molecule has 0 aliphatic rings. The van der Waals surface area contributed by atoms with Crippen LogP contribution in [0.15, 0.2) is 53.0 Å². The van der Waals surface area contributed by atoms with Crippen LogP contribution in [0.3, 0.4) is 0 Å². The van der Waals surface area contributed by atoms with Gasteiger partial charge in [0.25, 0.3) is 5.91 Å². The van der Waals surface area contributed by atoms with Gasteiger partial charge in [0.1, 0.15) is 11.8 Å². The maximum atomic E-state index is 12.9. The number of benzene rings is 2. The van der Waals surface area contributed by atoms with E-state index in [-0.39, 0.29) is 23.8 Å². The molecule has 29 heavy (non-hydrogen) atoms. The zero-order valence-electron chi connectivity index (χ0n) is 17.7. The first-order chi connectivity index (χ1) is 13.6. The number of nitrogens with zero attached hydrogens (tertiary/aromatic N) is 1. The normalized spacial score (nSPS) is 12.2. The summed E-state index contributed by atoms with van der Waals surface area (Å²) >= 11 is 3.53. The van der Waals surface area contributed by atoms with Gasteiger partial charge in [0.05, 0.1) is 4.47 Å². The van der Waals surface area contributed by atoms with Crippen molar-refractivity contribution < 1.29 is 14.3 Å². The van der Waals surface area contributed by atoms with Gasteiger partial charge in [-0.05, 0) is 51.5 Å². The monoisotopic (exact) mass is 460 g/mol. The maximum Gasteiger partial charge on any atom is 0.261 e. The number of carbonyl (C=O) groups is 2. The smallest absolute Gasteiger partial charge is 0.261 e. The van der Waals surface area contributed by atoms with Crippen LogP contribution in [0.2, 0.25) is 0 Å². The summed E-state index contributed by atoms with van der Waals surface area (Å²) in [5.41, 5.74) is 2.14. The Morgan fingerprint density at radius 1 is 1.14 bits per heavy atom. The second-order valence-electron chi connectivity index (χ2n) is 7.98. The van der Waals surface area contributed by atoms with Crippen molar-refractivity contribution in [2.45, 2.75) is 45.7 Å². The van der Waals surface area contributed by atoms with Crippen molar-refractivity contribution in [1.29, 1.82) is 0 Å². The molecule has 1 atom stereocenters. The largest absolute Gasteiger partial charge is 0.483 e. The van der Waals surface area contributed by atoms with Crippen LogP contribution in [0.1, 0.15) is 38.8 Å². The number of nitrogens with one attached hydrogen (secondary N) is 1. The van der Waals surface area contributed by atoms with Gasteiger partial charge in [0.15, 0.2) is 6.61 Å². The van der Waals surface area contributed by atoms with Crippen LogP contribution in [0.4, 0.5) is 0 Å². The van der Waals surface area contributed by atoms with Crippen LogP contribution in [0.25, 0.3) is 0 Å². The third kappa shape index (κ3) is 6.32. The van der Waals surface area contributed by atoms with Crippen LogP contribution in [0, 0.1) is 0 Å². The molecule has 0 spiro atoms. The van der Waals surface area contributed by atoms with Gasteiger partial charge in [-0.2, -0.15) is 0 Å². The quantitative estimate of drug-likeness (QED) is 0.670. The highest BCUT2D eigenvalue weighted by atomic mass is 79.9. The molecule has 156 valence electrons. The van der Waals surface area contributed by atoms with E-state index in [0.29, 0.717) is 12.3 Å². The second kappa shape index (κ2) is 9.92. The van der Waals surface area contributed by atoms with E-state index in [9.17, 15) is 9.59 Å². The lowest BCUT2D eigenvalue weighted by Gasteiger charge is -2.28. The second-order valence-corrected chi connectivity index (χ2v) is 8.84. The average Bonchev–Trinajstić information content (AvgIpc) is 2.69. The standard InChI is InChI=1S/C23H29BrN2O3/c1-16(22(28)25-5)26(14-17-9-7-6-8-10-17)21(27)15-29-20-12-11-18(13-19(20)24)23(2,3)4/h6-13,16H,14-15H2,1-5H3,(H,25,28)/t16-/m0/s1. The molecule has 0 unspecified atom stereocenters. The Labute approximate surface area is 181 Å². The molecule has 0 saturated carbocycles. The average molecular weight is 461 g/mol. The van der Waals surface area contributed by atoms with Crippen molar-refractivity contribution in [3.8, 4) is 5.75 Å². The van der Waals surface area contributed by atoms with Gasteiger partial charge in [-0.15, -0.1) is 0 Å². The van der Waals surface area contributed by atoms with Gasteiger partial charge in [0, 0.05) is 13.6 Å². The van der Waals surface area contributed by atoms with E-state index in [1.54, 1.807) is 14.0 Å². The van der Waals surface area contributed by atoms with E-state index >= 15 is 0 Å². The van der Waals surface area contributed by atoms with Crippen LogP contribution < -0.4 is 10.1 Å². The first-order valence-corrected chi connectivity index (χ1v) is 10.4. The zero-order valence-corrected chi connectivity index (χ0v) is 19.2. The SMILES string of the molecule is CNC(=O)[C@H](C)N(Cc1ccccc1)C(=O)COc1ccc(C(C)(C)C)cc1Br. The van der Waals surface area contributed by atoms with Gasteiger partial charge >= 0.3 is 0 Å². The van der Waals surface area contributed by atoms with E-state index in [4.69, 9.17) is 4.74 Å². The molecular formula is C23H29BrN2O3. The summed E-state index contributed by atoms with van der Waals surface area (Å²) in [6.07, 6.45) is 0. The summed E-state index contributed by atoms with van der Waals surface area (Å²) in [6, 6.07) is 14.9. The Hall–Kier alpha value is -2.34. The number of ether oxygens (including phenoxy) is 1. The number of halogens is 1. The van der Waals surface area contributed by atoms with E-state index in [1.807, 2.05) is 48.5 Å². The highest BCUT2D eigenvalue weighted by Crippen LogP contribution is 2.31. The van der Waals surface area contributed by atoms with Crippen molar-refractivity contribution in [1.82, 2.24) is 10.2 Å². The number of carbonyl (C=O) groups excluding carboxylic acids is 2. The third-order valence-corrected chi connectivity index (χ3v) is 5.38. The van der Waals surface area contributed by atoms with Gasteiger partial charge < -0.3 is 15.0 Å². The summed E-state index contributed by atoms with van der Waals surface area (Å²) in [6.45, 7) is 8.32. The molecule has 2 amide bonds. The summed E-state index contributed by atoms with van der Waals surface area (Å²) in [4.78, 5) is 26.6. The Morgan fingerprint density at radius 2 is 1.79 bits per heavy atom. The third-order valence-electron chi connectivity index (χ3n) is 4.76. The van der Waals surface area contributed by atoms with Crippen LogP contribution in [-0.4, -0.2) is 36.4 Å². The molecule has 1 N–H and O–H groups in total. The van der Waals surface area contributed by atoms with Crippen molar-refractivity contribution in [2.75, 3.05) is 13.7 Å². The van der Waals surface area contributed by atoms with Crippen LogP contribution in [0.5, 0.6) is 5.75 Å². The van der Waals surface area contributed by atoms with E-state index in [1.165, 1.54) is 10.5 Å². The summed E-state index contributed by atoms with van der Waals surface area (Å²) in [5, 5.41) is 2.61. The molecule has 6 heteroatoms. The minimum absolute atomic E-state index is 0.0201. The fourth-order valence-corrected chi connectivity index (χ4v) is 3.37. The maximum absolute atomic E-state index is 12.9. The van der Waals surface area contributed by atoms with Crippen molar-refractivity contribution in [3.63, 3.8) is 0 Å². The van der Waals surface area contributed by atoms with E-state index < -0.39 is 6.04 Å². The number of hydrogen-bond donors (Lipinski definition) is 1. The molecule has 2 aromatic rings. The lowest BCUT2D eigenvalue weighted by atomic mass is 9.87. The molecule has 0 aliphatic heterocycles. The summed E-state index contributed by atoms with van der Waals surface area (Å²) < 4.78 is 6.58. The van der Waals surface area contributed by atoms with Gasteiger partial charge in [0.2, 0.25) is 5.91 Å². The van der Waals surface area contributed by atoms with Crippen molar-refractivity contribution >= 4 is 27.7 Å². The number of rotatable bonds is 7. The molecule has 0 aromatic heterocycles. The number of hydrogen-bond acceptors (Lipinski definition) is 3. The fraction of sp³-hybridized carbons (Fsp3) is 0.391. The first kappa shape index (κ1) is 22.9. The predicted octanol–water partition coefficient (Wildman–Crippen LogP) is 4.29. The minimum Gasteiger partial charge on any atom is -0.483 e. The highest BCUT2D eigenvalue weighted by Gasteiger charge is 2.26. The molecule has 5 nitrogen and oxygen atoms in total. The molecule has 2 rings (SSSR count). The summed E-state index contributed by atoms with van der Waals surface area (Å²) in [7, 11) is 1.56. The molecule has 0 aliphatic carbocycles. The molecule has 2 aromatic carbocycles. The molecule has 0 fully saturated rings. The van der Waals surface area contributed by atoms with Gasteiger partial charge in [-0.1, -0.05) is 57.2 Å². The Morgan fingerprint density at radius 3 is 2.34 bits per heavy atom. The van der Waals surface area contributed by atoms with E-state index in [0.717, 1.165) is 10.0 Å². The van der Waals surface area contributed by atoms with Crippen molar-refractivity contribution in [3.05, 3.63) is 64.1 Å². The van der Waals surface area contributed by atoms with E-state index in [2.05, 4.69) is 42.0 Å².